The van der Waals surface area contributed by atoms with Gasteiger partial charge in [0.15, 0.2) is 28.3 Å². The second-order valence-corrected chi connectivity index (χ2v) is 15.8. The highest BCUT2D eigenvalue weighted by Crippen LogP contribution is 2.49. The first kappa shape index (κ1) is 38.8. The summed E-state index contributed by atoms with van der Waals surface area (Å²) in [4.78, 5) is 14.9. The molecule has 2 aliphatic heterocycles. The van der Waals surface area contributed by atoms with E-state index >= 15 is 0 Å². The van der Waals surface area contributed by atoms with E-state index in [1.807, 2.05) is 18.7 Å². The predicted octanol–water partition coefficient (Wildman–Crippen LogP) is 2.64. The fourth-order valence-corrected chi connectivity index (χ4v) is 9.01. The Labute approximate surface area is 284 Å². The van der Waals surface area contributed by atoms with Crippen molar-refractivity contribution in [2.24, 2.45) is 5.41 Å². The molecule has 6 N–H and O–H groups in total. The van der Waals surface area contributed by atoms with Crippen molar-refractivity contribution in [2.75, 3.05) is 36.7 Å². The van der Waals surface area contributed by atoms with Gasteiger partial charge in [-0.15, -0.1) is 0 Å². The topological polar surface area (TPSA) is 212 Å². The monoisotopic (exact) mass is 735 g/mol. The molecule has 0 aliphatic carbocycles. The van der Waals surface area contributed by atoms with Crippen molar-refractivity contribution >= 4 is 37.6 Å². The van der Waals surface area contributed by atoms with Crippen molar-refractivity contribution in [1.29, 1.82) is 0 Å². The van der Waals surface area contributed by atoms with Crippen LogP contribution >= 0.6 is 0 Å². The third kappa shape index (κ3) is 8.33. The van der Waals surface area contributed by atoms with E-state index in [9.17, 15) is 45.7 Å². The van der Waals surface area contributed by atoms with Gasteiger partial charge in [0.1, 0.15) is 12.7 Å². The van der Waals surface area contributed by atoms with Gasteiger partial charge in [-0.3, -0.25) is 4.55 Å². The van der Waals surface area contributed by atoms with Gasteiger partial charge in [0.25, 0.3) is 0 Å². The van der Waals surface area contributed by atoms with E-state index in [1.165, 1.54) is 12.1 Å². The zero-order valence-corrected chi connectivity index (χ0v) is 29.0. The molecule has 2 heterocycles. The molecule has 6 unspecified atom stereocenters. The first-order chi connectivity index (χ1) is 22.8. The summed E-state index contributed by atoms with van der Waals surface area (Å²) in [6, 6.07) is 10.2. The van der Waals surface area contributed by atoms with Crippen LogP contribution in [0.15, 0.2) is 47.4 Å². The van der Waals surface area contributed by atoms with Crippen molar-refractivity contribution < 1.29 is 59.2 Å². The number of sulfone groups is 1. The van der Waals surface area contributed by atoms with Crippen LogP contribution in [0.4, 0.5) is 25.0 Å². The zero-order valence-electron chi connectivity index (χ0n) is 27.4. The smallest absolute Gasteiger partial charge is 0.392 e. The van der Waals surface area contributed by atoms with Gasteiger partial charge >= 0.3 is 22.4 Å². The van der Waals surface area contributed by atoms with Crippen LogP contribution in [-0.2, 0) is 29.2 Å². The highest BCUT2D eigenvalue weighted by Gasteiger charge is 2.58. The maximum atomic E-state index is 14.5. The van der Waals surface area contributed by atoms with Crippen molar-refractivity contribution in [2.45, 2.75) is 86.9 Å². The summed E-state index contributed by atoms with van der Waals surface area (Å²) in [7, 11) is -5.41. The Morgan fingerprint density at radius 3 is 2.41 bits per heavy atom. The highest BCUT2D eigenvalue weighted by molar-refractivity contribution is 7.91. The number of carbonyl (C=O) groups excluding carboxylic acids is 1. The number of aliphatic hydroxyl groups excluding tert-OH is 3. The van der Waals surface area contributed by atoms with Crippen molar-refractivity contribution in [1.82, 2.24) is 5.32 Å². The zero-order chi connectivity index (χ0) is 36.5. The molecule has 1 fully saturated rings. The third-order valence-corrected chi connectivity index (χ3v) is 11.7. The first-order valence-corrected chi connectivity index (χ1v) is 18.7. The van der Waals surface area contributed by atoms with Crippen molar-refractivity contribution in [3.8, 4) is 0 Å². The number of nitrogens with one attached hydrogen (secondary N) is 2. The van der Waals surface area contributed by atoms with Gasteiger partial charge in [-0.25, -0.2) is 26.2 Å². The van der Waals surface area contributed by atoms with E-state index in [0.29, 0.717) is 36.1 Å². The summed E-state index contributed by atoms with van der Waals surface area (Å²) in [5.74, 6) is -5.33. The molecule has 0 spiro atoms. The average Bonchev–Trinajstić information content (AvgIpc) is 3.09. The molecular weight excluding hydrogens is 692 g/mol. The molecule has 18 heteroatoms. The van der Waals surface area contributed by atoms with Crippen LogP contribution in [0.3, 0.4) is 0 Å². The van der Waals surface area contributed by atoms with Crippen molar-refractivity contribution in [3.63, 3.8) is 0 Å². The lowest BCUT2D eigenvalue weighted by Gasteiger charge is -2.42. The first-order valence-electron chi connectivity index (χ1n) is 15.7. The number of amides is 2. The van der Waals surface area contributed by atoms with E-state index in [4.69, 9.17) is 9.29 Å². The number of hydrogen-bond acceptors (Lipinski definition) is 11. The van der Waals surface area contributed by atoms with Crippen molar-refractivity contribution in [3.05, 3.63) is 53.6 Å². The minimum atomic E-state index is -5.16. The van der Waals surface area contributed by atoms with Crippen LogP contribution < -0.4 is 15.5 Å². The molecule has 1 saturated heterocycles. The Morgan fingerprint density at radius 1 is 1.10 bits per heavy atom. The SMILES string of the molecule is CCCCC1(CC)CS(=O)(=O)c2ccc(N(C)C)cc2[C@@H](c2cccc(NC(=O)NC3OC(COS(=O)(=O)O)C(F)(F)C(O)C3O)c2)C1O. The molecule has 2 aromatic rings. The van der Waals surface area contributed by atoms with Crippen LogP contribution in [0.5, 0.6) is 0 Å². The van der Waals surface area contributed by atoms with Crippen LogP contribution in [0.2, 0.25) is 0 Å². The van der Waals surface area contributed by atoms with Gasteiger partial charge in [0, 0.05) is 36.8 Å². The third-order valence-electron chi connectivity index (χ3n) is 9.25. The average molecular weight is 736 g/mol. The van der Waals surface area contributed by atoms with Crippen LogP contribution in [-0.4, -0.2) is 106 Å². The van der Waals surface area contributed by atoms with Crippen LogP contribution in [0.25, 0.3) is 0 Å². The highest BCUT2D eigenvalue weighted by atomic mass is 32.3. The number of aliphatic hydroxyl groups is 3. The van der Waals surface area contributed by atoms with E-state index in [0.717, 1.165) is 6.42 Å². The quantitative estimate of drug-likeness (QED) is 0.184. The van der Waals surface area contributed by atoms with Gasteiger partial charge in [-0.2, -0.15) is 8.42 Å². The summed E-state index contributed by atoms with van der Waals surface area (Å²) < 4.78 is 96.4. The lowest BCUT2D eigenvalue weighted by Crippen LogP contribution is -2.66. The number of alkyl halides is 2. The molecule has 2 aliphatic rings. The molecule has 0 aromatic heterocycles. The Hall–Kier alpha value is -2.97. The minimum absolute atomic E-state index is 0.0939. The second-order valence-electron chi connectivity index (χ2n) is 12.7. The Balaban J connectivity index is 1.68. The number of rotatable bonds is 11. The normalized spacial score (nSPS) is 29.3. The number of fused-ring (bicyclic) bond motifs is 1. The maximum absolute atomic E-state index is 14.5. The number of unbranched alkanes of at least 4 members (excludes halogenated alkanes) is 1. The number of urea groups is 1. The number of carbonyl (C=O) groups is 1. The van der Waals surface area contributed by atoms with E-state index in [-0.39, 0.29) is 16.3 Å². The van der Waals surface area contributed by atoms with E-state index < -0.39 is 80.8 Å². The number of nitrogens with zero attached hydrogens (tertiary/aromatic N) is 1. The standard InChI is InChI=1S/C31H43F2N3O11S2/c1-5-7-13-30(6-2)17-48(41,42)22-12-11-20(36(3)4)15-21(22)24(26(30)38)18-9-8-10-19(14-18)34-29(40)35-28-25(37)27(39)31(32,33)23(47-28)16-46-49(43,44)45/h8-12,14-15,23-28,37-39H,5-7,13,16-17H2,1-4H3,(H2,34,35,40)(H,43,44,45)/t23?,24-,25?,26?,27?,28?,30?/m1/s1. The lowest BCUT2D eigenvalue weighted by molar-refractivity contribution is -0.295. The molecule has 2 amide bonds. The predicted molar refractivity (Wildman–Crippen MR) is 175 cm³/mol. The molecule has 0 radical (unpaired) electrons. The van der Waals surface area contributed by atoms with Gasteiger partial charge in [0.2, 0.25) is 0 Å². The largest absolute Gasteiger partial charge is 0.397 e. The molecule has 274 valence electrons. The molecule has 0 bridgehead atoms. The van der Waals surface area contributed by atoms with Gasteiger partial charge in [-0.1, -0.05) is 38.8 Å². The Bertz CT molecular complexity index is 1730. The summed E-state index contributed by atoms with van der Waals surface area (Å²) in [5.41, 5.74) is 0.707. The molecule has 49 heavy (non-hydrogen) atoms. The summed E-state index contributed by atoms with van der Waals surface area (Å²) >= 11 is 0. The number of hydrogen-bond donors (Lipinski definition) is 6. The molecular formula is C31H43F2N3O11S2. The molecule has 4 rings (SSSR count). The fourth-order valence-electron chi connectivity index (χ4n) is 6.46. The summed E-state index contributed by atoms with van der Waals surface area (Å²) in [5, 5.41) is 37.0. The Morgan fingerprint density at radius 2 is 1.80 bits per heavy atom. The van der Waals surface area contributed by atoms with Crippen LogP contribution in [0.1, 0.15) is 56.6 Å². The van der Waals surface area contributed by atoms with E-state index in [1.54, 1.807) is 44.4 Å². The second kappa shape index (κ2) is 14.7. The maximum Gasteiger partial charge on any atom is 0.397 e. The fraction of sp³-hybridized carbons (Fsp3) is 0.581. The van der Waals surface area contributed by atoms with Gasteiger partial charge < -0.3 is 35.6 Å². The number of halogens is 2. The van der Waals surface area contributed by atoms with Gasteiger partial charge in [0.05, 0.1) is 16.8 Å². The summed E-state index contributed by atoms with van der Waals surface area (Å²) in [6.07, 6.45) is -8.48. The molecule has 2 aromatic carbocycles. The number of anilines is 2. The number of ether oxygens (including phenoxy) is 1. The molecule has 14 nitrogen and oxygen atoms in total. The lowest BCUT2D eigenvalue weighted by atomic mass is 9.69. The minimum Gasteiger partial charge on any atom is -0.392 e. The summed E-state index contributed by atoms with van der Waals surface area (Å²) in [6.45, 7) is 2.39. The molecule has 0 saturated carbocycles. The number of benzene rings is 2. The van der Waals surface area contributed by atoms with Crippen LogP contribution in [0, 0.1) is 5.41 Å². The van der Waals surface area contributed by atoms with E-state index in [2.05, 4.69) is 14.8 Å². The Kier molecular flexibility index (Phi) is 11.7. The molecule has 7 atom stereocenters. The van der Waals surface area contributed by atoms with Gasteiger partial charge in [-0.05, 0) is 54.3 Å².